The van der Waals surface area contributed by atoms with Crippen molar-refractivity contribution in [2.75, 3.05) is 0 Å². The quantitative estimate of drug-likeness (QED) is 0.458. The second kappa shape index (κ2) is 11.4. The molecular weight excluding hydrogens is 327 g/mol. The van der Waals surface area contributed by atoms with Gasteiger partial charge < -0.3 is 4.98 Å². The van der Waals surface area contributed by atoms with Crippen molar-refractivity contribution in [3.8, 4) is 0 Å². The predicted molar refractivity (Wildman–Crippen MR) is 120 cm³/mol. The number of imidazole rings is 1. The van der Waals surface area contributed by atoms with Gasteiger partial charge in [0.25, 0.3) is 0 Å². The molecule has 0 saturated carbocycles. The van der Waals surface area contributed by atoms with Crippen LogP contribution in [0.5, 0.6) is 0 Å². The van der Waals surface area contributed by atoms with Crippen LogP contribution in [0.2, 0.25) is 5.82 Å². The summed E-state index contributed by atoms with van der Waals surface area (Å²) in [6.45, 7) is 9.32. The molecule has 0 bridgehead atoms. The Morgan fingerprint density at radius 1 is 0.889 bits per heavy atom. The van der Waals surface area contributed by atoms with Crippen LogP contribution in [-0.4, -0.2) is 16.7 Å². The number of rotatable bonds is 7. The number of hydrogen-bond acceptors (Lipinski definition) is 1. The van der Waals surface area contributed by atoms with E-state index < -0.39 is 0 Å². The molecule has 0 aliphatic heterocycles. The molecule has 3 rings (SSSR count). The summed E-state index contributed by atoms with van der Waals surface area (Å²) in [4.78, 5) is 7.46. The van der Waals surface area contributed by atoms with Gasteiger partial charge in [-0.25, -0.2) is 4.98 Å². The Balaban J connectivity index is 0.000000208. The van der Waals surface area contributed by atoms with Crippen LogP contribution in [0.1, 0.15) is 51.6 Å². The van der Waals surface area contributed by atoms with E-state index in [1.807, 2.05) is 13.1 Å². The average molecular weight is 360 g/mol. The molecule has 3 aromatic rings. The molecule has 0 fully saturated rings. The molecule has 2 aromatic carbocycles. The Bertz CT molecular complexity index is 711. The third-order valence-electron chi connectivity index (χ3n) is 4.76. The number of benzene rings is 2. The van der Waals surface area contributed by atoms with Crippen molar-refractivity contribution in [2.24, 2.45) is 0 Å². The van der Waals surface area contributed by atoms with E-state index in [0.717, 1.165) is 17.9 Å². The largest absolute Gasteiger partial charge is 0.346 e. The van der Waals surface area contributed by atoms with Crippen LogP contribution >= 0.6 is 0 Å². The summed E-state index contributed by atoms with van der Waals surface area (Å²) in [6, 6.07) is 21.5. The molecule has 0 aliphatic carbocycles. The van der Waals surface area contributed by atoms with E-state index in [0.29, 0.717) is 12.5 Å². The highest BCUT2D eigenvalue weighted by molar-refractivity contribution is 6.86. The average Bonchev–Trinajstić information content (AvgIpc) is 3.09. The lowest BCUT2D eigenvalue weighted by Gasteiger charge is -2.18. The van der Waals surface area contributed by atoms with E-state index in [1.165, 1.54) is 30.2 Å². The standard InChI is InChI=1S/C15H17B.C9H16N2/c1-13(2)16(14-9-5-3-6-10-14)15-11-7-4-8-12-15;1-3-4-5-6-9-10-7-8(2)11-9/h3-13H,1-2H3;7H,3-6H2,1-2H3,(H,10,11). The van der Waals surface area contributed by atoms with Crippen LogP contribution in [0.3, 0.4) is 0 Å². The first-order valence-corrected chi connectivity index (χ1v) is 10.2. The van der Waals surface area contributed by atoms with E-state index in [2.05, 4.69) is 91.4 Å². The molecule has 0 saturated heterocycles. The lowest BCUT2D eigenvalue weighted by Crippen LogP contribution is -2.44. The van der Waals surface area contributed by atoms with Crippen molar-refractivity contribution in [3.63, 3.8) is 0 Å². The molecule has 142 valence electrons. The lowest BCUT2D eigenvalue weighted by molar-refractivity contribution is 0.698. The minimum absolute atomic E-state index is 0.502. The number of aryl methyl sites for hydroxylation is 2. The van der Waals surface area contributed by atoms with Crippen LogP contribution in [-0.2, 0) is 6.42 Å². The molecule has 3 heteroatoms. The number of aromatic nitrogens is 2. The first-order chi connectivity index (χ1) is 13.1. The molecule has 0 unspecified atom stereocenters. The van der Waals surface area contributed by atoms with Crippen LogP contribution in [0.15, 0.2) is 66.9 Å². The number of aromatic amines is 1. The first-order valence-electron chi connectivity index (χ1n) is 10.2. The third kappa shape index (κ3) is 7.09. The zero-order chi connectivity index (χ0) is 19.5. The summed E-state index contributed by atoms with van der Waals surface area (Å²) in [7, 11) is 0. The summed E-state index contributed by atoms with van der Waals surface area (Å²) in [6.07, 6.45) is 6.83. The van der Waals surface area contributed by atoms with Crippen molar-refractivity contribution < 1.29 is 0 Å². The topological polar surface area (TPSA) is 28.7 Å². The minimum Gasteiger partial charge on any atom is -0.346 e. The van der Waals surface area contributed by atoms with Crippen LogP contribution in [0, 0.1) is 6.92 Å². The smallest absolute Gasteiger partial charge is 0.211 e. The Hall–Kier alpha value is -2.29. The second-order valence-corrected chi connectivity index (χ2v) is 7.51. The maximum atomic E-state index is 4.23. The summed E-state index contributed by atoms with van der Waals surface area (Å²) in [5, 5.41) is 0. The van der Waals surface area contributed by atoms with Crippen molar-refractivity contribution >= 4 is 17.6 Å². The van der Waals surface area contributed by atoms with Gasteiger partial charge in [0, 0.05) is 18.3 Å². The molecule has 1 aromatic heterocycles. The maximum absolute atomic E-state index is 4.23. The molecule has 2 nitrogen and oxygen atoms in total. The van der Waals surface area contributed by atoms with Gasteiger partial charge >= 0.3 is 0 Å². The van der Waals surface area contributed by atoms with E-state index in [1.54, 1.807) is 0 Å². The van der Waals surface area contributed by atoms with Gasteiger partial charge in [-0.3, -0.25) is 0 Å². The summed E-state index contributed by atoms with van der Waals surface area (Å²) in [5.41, 5.74) is 3.98. The van der Waals surface area contributed by atoms with Crippen LogP contribution in [0.25, 0.3) is 0 Å². The van der Waals surface area contributed by atoms with Gasteiger partial charge in [0.15, 0.2) is 0 Å². The van der Waals surface area contributed by atoms with Gasteiger partial charge in [0.05, 0.1) is 0 Å². The van der Waals surface area contributed by atoms with Gasteiger partial charge in [-0.1, -0.05) is 111 Å². The Morgan fingerprint density at radius 3 is 1.85 bits per heavy atom. The zero-order valence-corrected chi connectivity index (χ0v) is 17.3. The first kappa shape index (κ1) is 21.0. The molecule has 27 heavy (non-hydrogen) atoms. The minimum atomic E-state index is 0.502. The molecule has 1 N–H and O–H groups in total. The molecule has 0 atom stereocenters. The van der Waals surface area contributed by atoms with Crippen molar-refractivity contribution in [1.29, 1.82) is 0 Å². The van der Waals surface area contributed by atoms with E-state index in [9.17, 15) is 0 Å². The fourth-order valence-electron chi connectivity index (χ4n) is 3.42. The van der Waals surface area contributed by atoms with Crippen LogP contribution < -0.4 is 10.9 Å². The highest BCUT2D eigenvalue weighted by atomic mass is 14.9. The molecule has 1 heterocycles. The van der Waals surface area contributed by atoms with Crippen LogP contribution in [0.4, 0.5) is 0 Å². The Morgan fingerprint density at radius 2 is 1.44 bits per heavy atom. The highest BCUT2D eigenvalue weighted by Crippen LogP contribution is 2.08. The maximum Gasteiger partial charge on any atom is 0.211 e. The third-order valence-corrected chi connectivity index (χ3v) is 4.76. The van der Waals surface area contributed by atoms with Gasteiger partial charge in [-0.05, 0) is 13.3 Å². The summed E-state index contributed by atoms with van der Waals surface area (Å²) < 4.78 is 0. The van der Waals surface area contributed by atoms with Gasteiger partial charge in [-0.15, -0.1) is 0 Å². The molecule has 0 radical (unpaired) electrons. The number of nitrogens with zero attached hydrogens (tertiary/aromatic N) is 1. The number of nitrogens with one attached hydrogen (secondary N) is 1. The van der Waals surface area contributed by atoms with Crippen molar-refractivity contribution in [3.05, 3.63) is 78.4 Å². The number of H-pyrrole nitrogens is 1. The lowest BCUT2D eigenvalue weighted by atomic mass is 9.34. The second-order valence-electron chi connectivity index (χ2n) is 7.51. The molecule has 0 aliphatic rings. The van der Waals surface area contributed by atoms with Gasteiger partial charge in [0.1, 0.15) is 5.82 Å². The normalized spacial score (nSPS) is 10.4. The monoisotopic (exact) mass is 360 g/mol. The fourth-order valence-corrected chi connectivity index (χ4v) is 3.42. The Labute approximate surface area is 165 Å². The van der Waals surface area contributed by atoms with Gasteiger partial charge in [0.2, 0.25) is 6.71 Å². The van der Waals surface area contributed by atoms with E-state index in [-0.39, 0.29) is 0 Å². The molecular formula is C24H33BN2. The predicted octanol–water partition coefficient (Wildman–Crippen LogP) is 5.16. The molecule has 0 amide bonds. The van der Waals surface area contributed by atoms with E-state index >= 15 is 0 Å². The van der Waals surface area contributed by atoms with Crippen molar-refractivity contribution in [1.82, 2.24) is 9.97 Å². The number of hydrogen-bond donors (Lipinski definition) is 1. The molecule has 0 spiro atoms. The highest BCUT2D eigenvalue weighted by Gasteiger charge is 2.21. The fraction of sp³-hybridized carbons (Fsp3) is 0.375. The van der Waals surface area contributed by atoms with Gasteiger partial charge in [-0.2, -0.15) is 0 Å². The van der Waals surface area contributed by atoms with Crippen molar-refractivity contribution in [2.45, 2.75) is 59.2 Å². The van der Waals surface area contributed by atoms with E-state index in [4.69, 9.17) is 0 Å². The SMILES string of the molecule is CC(C)B(c1ccccc1)c1ccccc1.CCCCCc1ncc(C)[nH]1. The number of unbranched alkanes of at least 4 members (excludes halogenated alkanes) is 2. The Kier molecular flexibility index (Phi) is 8.90. The zero-order valence-electron chi connectivity index (χ0n) is 17.3. The summed E-state index contributed by atoms with van der Waals surface area (Å²) in [5.74, 6) is 1.75. The summed E-state index contributed by atoms with van der Waals surface area (Å²) >= 11 is 0.